The maximum absolute atomic E-state index is 5.55. The SMILES string of the molecule is [B]c1ccc([C@H](C)NC)cc1. The molecule has 1 aromatic rings. The van der Waals surface area contributed by atoms with Gasteiger partial charge in [0.2, 0.25) is 0 Å². The smallest absolute Gasteiger partial charge is 0.113 e. The van der Waals surface area contributed by atoms with Gasteiger partial charge in [-0.2, -0.15) is 0 Å². The summed E-state index contributed by atoms with van der Waals surface area (Å²) >= 11 is 0. The molecule has 1 N–H and O–H groups in total. The Morgan fingerprint density at radius 3 is 2.27 bits per heavy atom. The Hall–Kier alpha value is -0.755. The van der Waals surface area contributed by atoms with Crippen molar-refractivity contribution in [1.29, 1.82) is 0 Å². The van der Waals surface area contributed by atoms with Crippen LogP contribution in [0.25, 0.3) is 0 Å². The van der Waals surface area contributed by atoms with E-state index in [9.17, 15) is 0 Å². The standard InChI is InChI=1S/C9H12BN/c1-7(11-2)8-3-5-9(10)6-4-8/h3-7,11H,1-2H3/t7-/m0/s1. The first-order valence-electron chi connectivity index (χ1n) is 3.76. The zero-order chi connectivity index (χ0) is 8.27. The van der Waals surface area contributed by atoms with Gasteiger partial charge >= 0.3 is 0 Å². The van der Waals surface area contributed by atoms with Crippen molar-refractivity contribution < 1.29 is 0 Å². The lowest BCUT2D eigenvalue weighted by atomic mass is 9.94. The third kappa shape index (κ3) is 2.09. The molecule has 0 aliphatic rings. The van der Waals surface area contributed by atoms with Crippen molar-refractivity contribution in [3.63, 3.8) is 0 Å². The average molecular weight is 145 g/mol. The molecule has 1 aromatic carbocycles. The molecule has 1 rings (SSSR count). The van der Waals surface area contributed by atoms with Gasteiger partial charge in [0.1, 0.15) is 7.85 Å². The fourth-order valence-corrected chi connectivity index (χ4v) is 0.951. The van der Waals surface area contributed by atoms with Crippen LogP contribution in [-0.4, -0.2) is 14.9 Å². The van der Waals surface area contributed by atoms with Crippen LogP contribution in [0.2, 0.25) is 0 Å². The molecule has 1 atom stereocenters. The number of benzene rings is 1. The van der Waals surface area contributed by atoms with Crippen LogP contribution in [0, 0.1) is 0 Å². The molecule has 1 nitrogen and oxygen atoms in total. The minimum Gasteiger partial charge on any atom is -0.313 e. The van der Waals surface area contributed by atoms with E-state index < -0.39 is 0 Å². The maximum atomic E-state index is 5.55. The average Bonchev–Trinajstić information content (AvgIpc) is 2.05. The molecular weight excluding hydrogens is 133 g/mol. The number of rotatable bonds is 2. The summed E-state index contributed by atoms with van der Waals surface area (Å²) in [6.07, 6.45) is 0. The second-order valence-electron chi connectivity index (χ2n) is 2.68. The summed E-state index contributed by atoms with van der Waals surface area (Å²) in [5, 5.41) is 3.16. The summed E-state index contributed by atoms with van der Waals surface area (Å²) in [7, 11) is 7.49. The molecule has 2 radical (unpaired) electrons. The third-order valence-electron chi connectivity index (χ3n) is 1.87. The van der Waals surface area contributed by atoms with E-state index in [1.165, 1.54) is 5.56 Å². The van der Waals surface area contributed by atoms with Crippen LogP contribution in [0.5, 0.6) is 0 Å². The first-order chi connectivity index (χ1) is 5.24. The monoisotopic (exact) mass is 145 g/mol. The van der Waals surface area contributed by atoms with Gasteiger partial charge in [-0.05, 0) is 19.5 Å². The van der Waals surface area contributed by atoms with Crippen LogP contribution in [-0.2, 0) is 0 Å². The molecule has 0 saturated carbocycles. The molecule has 56 valence electrons. The summed E-state index contributed by atoms with van der Waals surface area (Å²) in [6, 6.07) is 8.31. The number of hydrogen-bond donors (Lipinski definition) is 1. The minimum absolute atomic E-state index is 0.399. The third-order valence-corrected chi connectivity index (χ3v) is 1.87. The first kappa shape index (κ1) is 8.34. The predicted molar refractivity (Wildman–Crippen MR) is 49.3 cm³/mol. The van der Waals surface area contributed by atoms with Gasteiger partial charge in [0.25, 0.3) is 0 Å². The normalized spacial score (nSPS) is 12.9. The van der Waals surface area contributed by atoms with E-state index >= 15 is 0 Å². The predicted octanol–water partition coefficient (Wildman–Crippen LogP) is 0.761. The zero-order valence-electron chi connectivity index (χ0n) is 6.96. The first-order valence-corrected chi connectivity index (χ1v) is 3.76. The summed E-state index contributed by atoms with van der Waals surface area (Å²) in [5.74, 6) is 0. The molecule has 0 aliphatic heterocycles. The van der Waals surface area contributed by atoms with Crippen LogP contribution < -0.4 is 10.8 Å². The summed E-state index contributed by atoms with van der Waals surface area (Å²) in [6.45, 7) is 2.12. The molecule has 2 heteroatoms. The van der Waals surface area contributed by atoms with Crippen molar-refractivity contribution in [2.75, 3.05) is 7.05 Å². The maximum Gasteiger partial charge on any atom is 0.113 e. The van der Waals surface area contributed by atoms with Gasteiger partial charge in [0, 0.05) is 6.04 Å². The Labute approximate surface area is 69.2 Å². The molecule has 0 unspecified atom stereocenters. The molecule has 0 aliphatic carbocycles. The van der Waals surface area contributed by atoms with Crippen LogP contribution in [0.4, 0.5) is 0 Å². The highest BCUT2D eigenvalue weighted by Gasteiger charge is 1.99. The van der Waals surface area contributed by atoms with Crippen LogP contribution >= 0.6 is 0 Å². The van der Waals surface area contributed by atoms with E-state index in [1.807, 2.05) is 31.3 Å². The van der Waals surface area contributed by atoms with Gasteiger partial charge in [-0.1, -0.05) is 29.7 Å². The van der Waals surface area contributed by atoms with Crippen LogP contribution in [0.15, 0.2) is 24.3 Å². The van der Waals surface area contributed by atoms with E-state index in [1.54, 1.807) is 0 Å². The van der Waals surface area contributed by atoms with Crippen LogP contribution in [0.1, 0.15) is 18.5 Å². The lowest BCUT2D eigenvalue weighted by Crippen LogP contribution is -2.13. The highest BCUT2D eigenvalue weighted by Crippen LogP contribution is 2.08. The van der Waals surface area contributed by atoms with E-state index in [0.717, 1.165) is 5.46 Å². The largest absolute Gasteiger partial charge is 0.313 e. The van der Waals surface area contributed by atoms with E-state index in [2.05, 4.69) is 12.2 Å². The number of hydrogen-bond acceptors (Lipinski definition) is 1. The van der Waals surface area contributed by atoms with Crippen molar-refractivity contribution in [2.24, 2.45) is 0 Å². The molecule has 0 bridgehead atoms. The molecular formula is C9H12BN. The molecule has 0 saturated heterocycles. The topological polar surface area (TPSA) is 12.0 Å². The molecule has 0 fully saturated rings. The van der Waals surface area contributed by atoms with E-state index in [-0.39, 0.29) is 0 Å². The zero-order valence-corrected chi connectivity index (χ0v) is 6.96. The molecule has 0 heterocycles. The fourth-order valence-electron chi connectivity index (χ4n) is 0.951. The Kier molecular flexibility index (Phi) is 2.72. The molecule has 0 aromatic heterocycles. The van der Waals surface area contributed by atoms with Gasteiger partial charge in [0.05, 0.1) is 0 Å². The van der Waals surface area contributed by atoms with Gasteiger partial charge in [0.15, 0.2) is 0 Å². The van der Waals surface area contributed by atoms with Crippen molar-refractivity contribution in [2.45, 2.75) is 13.0 Å². The highest BCUT2D eigenvalue weighted by molar-refractivity contribution is 6.32. The minimum atomic E-state index is 0.399. The van der Waals surface area contributed by atoms with Gasteiger partial charge in [-0.25, -0.2) is 0 Å². The molecule has 11 heavy (non-hydrogen) atoms. The molecule has 0 amide bonds. The van der Waals surface area contributed by atoms with Gasteiger partial charge < -0.3 is 5.32 Å². The Balaban J connectivity index is 2.81. The lowest BCUT2D eigenvalue weighted by Gasteiger charge is -2.09. The van der Waals surface area contributed by atoms with Crippen molar-refractivity contribution in [3.05, 3.63) is 29.8 Å². The van der Waals surface area contributed by atoms with Gasteiger partial charge in [-0.3, -0.25) is 0 Å². The van der Waals surface area contributed by atoms with Crippen molar-refractivity contribution >= 4 is 13.3 Å². The van der Waals surface area contributed by atoms with Crippen LogP contribution in [0.3, 0.4) is 0 Å². The second-order valence-corrected chi connectivity index (χ2v) is 2.68. The second kappa shape index (κ2) is 3.58. The highest BCUT2D eigenvalue weighted by atomic mass is 14.8. The van der Waals surface area contributed by atoms with E-state index in [0.29, 0.717) is 6.04 Å². The summed E-state index contributed by atoms with van der Waals surface area (Å²) < 4.78 is 0. The number of nitrogens with one attached hydrogen (secondary N) is 1. The Bertz CT molecular complexity index is 218. The van der Waals surface area contributed by atoms with Gasteiger partial charge in [-0.15, -0.1) is 0 Å². The van der Waals surface area contributed by atoms with Crippen molar-refractivity contribution in [3.8, 4) is 0 Å². The summed E-state index contributed by atoms with van der Waals surface area (Å²) in [5.41, 5.74) is 2.08. The Morgan fingerprint density at radius 2 is 1.82 bits per heavy atom. The van der Waals surface area contributed by atoms with Crippen molar-refractivity contribution in [1.82, 2.24) is 5.32 Å². The lowest BCUT2D eigenvalue weighted by molar-refractivity contribution is 0.652. The fraction of sp³-hybridized carbons (Fsp3) is 0.333. The Morgan fingerprint density at radius 1 is 1.27 bits per heavy atom. The quantitative estimate of drug-likeness (QED) is 0.605. The van der Waals surface area contributed by atoms with E-state index in [4.69, 9.17) is 7.85 Å². The summed E-state index contributed by atoms with van der Waals surface area (Å²) in [4.78, 5) is 0. The molecule has 0 spiro atoms.